The van der Waals surface area contributed by atoms with Crippen molar-refractivity contribution < 1.29 is 14.4 Å². The lowest BCUT2D eigenvalue weighted by atomic mass is 10.1. The number of carbonyl (C=O) groups is 3. The molecule has 0 radical (unpaired) electrons. The fraction of sp³-hybridized carbons (Fsp3) is 0.357. The number of nitrogens with zero attached hydrogens (tertiary/aromatic N) is 4. The van der Waals surface area contributed by atoms with E-state index in [1.165, 1.54) is 27.5 Å². The first-order chi connectivity index (χ1) is 18.3. The Morgan fingerprint density at radius 2 is 1.76 bits per heavy atom. The monoisotopic (exact) mass is 553 g/mol. The minimum absolute atomic E-state index is 0.0280. The van der Waals surface area contributed by atoms with Gasteiger partial charge in [0, 0.05) is 54.4 Å². The highest BCUT2D eigenvalue weighted by Gasteiger charge is 2.23. The summed E-state index contributed by atoms with van der Waals surface area (Å²) in [6.07, 6.45) is 0.906. The van der Waals surface area contributed by atoms with Crippen LogP contribution in [0, 0.1) is 6.92 Å². The van der Waals surface area contributed by atoms with Crippen LogP contribution in [0.3, 0.4) is 0 Å². The van der Waals surface area contributed by atoms with Crippen LogP contribution in [0.1, 0.15) is 35.0 Å². The lowest BCUT2D eigenvalue weighted by Gasteiger charge is -2.36. The van der Waals surface area contributed by atoms with E-state index in [9.17, 15) is 14.4 Å². The van der Waals surface area contributed by atoms with Gasteiger partial charge in [0.15, 0.2) is 5.13 Å². The zero-order valence-corrected chi connectivity index (χ0v) is 23.2. The summed E-state index contributed by atoms with van der Waals surface area (Å²) in [7, 11) is 0. The molecule has 1 N–H and O–H groups in total. The number of thiazole rings is 1. The first-order valence-corrected chi connectivity index (χ1v) is 14.0. The van der Waals surface area contributed by atoms with Gasteiger partial charge in [-0.15, -0.1) is 11.3 Å². The molecule has 0 spiro atoms. The van der Waals surface area contributed by atoms with Crippen molar-refractivity contribution in [3.05, 3.63) is 75.8 Å². The van der Waals surface area contributed by atoms with Gasteiger partial charge in [0.2, 0.25) is 11.8 Å². The molecule has 0 aliphatic carbocycles. The van der Waals surface area contributed by atoms with Gasteiger partial charge in [0.1, 0.15) is 6.54 Å². The second-order valence-electron chi connectivity index (χ2n) is 9.26. The van der Waals surface area contributed by atoms with Gasteiger partial charge in [-0.1, -0.05) is 36.7 Å². The van der Waals surface area contributed by atoms with Crippen LogP contribution >= 0.6 is 22.9 Å². The lowest BCUT2D eigenvalue weighted by Crippen LogP contribution is -2.49. The van der Waals surface area contributed by atoms with Gasteiger partial charge < -0.3 is 20.0 Å². The van der Waals surface area contributed by atoms with E-state index in [2.05, 4.69) is 34.3 Å². The SMILES string of the molecule is CCCN(CC(=O)Nc1nc(CC(=O)N2CCN(c3ccccc3C)CC2)cs1)C(=O)c1ccc(Cl)cc1. The maximum absolute atomic E-state index is 12.9. The third kappa shape index (κ3) is 7.11. The molecule has 0 bridgehead atoms. The Kier molecular flexibility index (Phi) is 9.36. The Hall–Kier alpha value is -3.43. The fourth-order valence-corrected chi connectivity index (χ4v) is 5.31. The molecule has 3 aromatic rings. The molecular weight excluding hydrogens is 522 g/mol. The standard InChI is InChI=1S/C28H32ClN5O3S/c1-3-12-34(27(37)21-8-10-22(29)11-9-21)18-25(35)31-28-30-23(19-38-28)17-26(36)33-15-13-32(14-16-33)24-7-5-4-6-20(24)2/h4-11,19H,3,12-18H2,1-2H3,(H,30,31,35). The van der Waals surface area contributed by atoms with Gasteiger partial charge in [-0.05, 0) is 49.2 Å². The number of hydrogen-bond donors (Lipinski definition) is 1. The molecule has 8 nitrogen and oxygen atoms in total. The molecule has 1 aromatic heterocycles. The van der Waals surface area contributed by atoms with Crippen molar-refractivity contribution in [2.45, 2.75) is 26.7 Å². The highest BCUT2D eigenvalue weighted by atomic mass is 35.5. The molecule has 3 amide bonds. The van der Waals surface area contributed by atoms with Crippen LogP contribution in [0.4, 0.5) is 10.8 Å². The maximum Gasteiger partial charge on any atom is 0.254 e. The molecule has 1 saturated heterocycles. The van der Waals surface area contributed by atoms with E-state index in [-0.39, 0.29) is 30.7 Å². The van der Waals surface area contributed by atoms with Crippen LogP contribution in [-0.2, 0) is 16.0 Å². The molecular formula is C28H32ClN5O3S. The molecule has 1 fully saturated rings. The number of anilines is 2. The second-order valence-corrected chi connectivity index (χ2v) is 10.6. The summed E-state index contributed by atoms with van der Waals surface area (Å²) in [6.45, 7) is 7.32. The summed E-state index contributed by atoms with van der Waals surface area (Å²) in [5.41, 5.74) is 3.55. The number of carbonyl (C=O) groups excluding carboxylic acids is 3. The molecule has 10 heteroatoms. The molecule has 1 aliphatic rings. The molecule has 0 saturated carbocycles. The van der Waals surface area contributed by atoms with Gasteiger partial charge in [-0.25, -0.2) is 4.98 Å². The third-order valence-electron chi connectivity index (χ3n) is 6.43. The van der Waals surface area contributed by atoms with Crippen LogP contribution in [0.5, 0.6) is 0 Å². The van der Waals surface area contributed by atoms with Crippen molar-refractivity contribution in [3.8, 4) is 0 Å². The average Bonchev–Trinajstić information content (AvgIpc) is 3.35. The molecule has 2 aromatic carbocycles. The summed E-state index contributed by atoms with van der Waals surface area (Å²) in [6, 6.07) is 14.9. The molecule has 4 rings (SSSR count). The normalized spacial score (nSPS) is 13.3. The number of benzene rings is 2. The Morgan fingerprint density at radius 1 is 1.05 bits per heavy atom. The van der Waals surface area contributed by atoms with Gasteiger partial charge >= 0.3 is 0 Å². The summed E-state index contributed by atoms with van der Waals surface area (Å²) in [5.74, 6) is -0.535. The van der Waals surface area contributed by atoms with E-state index in [4.69, 9.17) is 11.6 Å². The van der Waals surface area contributed by atoms with Crippen molar-refractivity contribution in [1.82, 2.24) is 14.8 Å². The predicted octanol–water partition coefficient (Wildman–Crippen LogP) is 4.49. The fourth-order valence-electron chi connectivity index (χ4n) is 4.46. The summed E-state index contributed by atoms with van der Waals surface area (Å²) in [4.78, 5) is 48.6. The predicted molar refractivity (Wildman–Crippen MR) is 152 cm³/mol. The van der Waals surface area contributed by atoms with Gasteiger partial charge in [0.25, 0.3) is 5.91 Å². The molecule has 2 heterocycles. The topological polar surface area (TPSA) is 85.8 Å². The Labute approximate surface area is 232 Å². The molecule has 200 valence electrons. The van der Waals surface area contributed by atoms with E-state index in [0.29, 0.717) is 41.0 Å². The minimum Gasteiger partial charge on any atom is -0.368 e. The minimum atomic E-state index is -0.333. The van der Waals surface area contributed by atoms with Crippen LogP contribution in [0.25, 0.3) is 0 Å². The van der Waals surface area contributed by atoms with E-state index in [1.807, 2.05) is 24.0 Å². The Bertz CT molecular complexity index is 1270. The number of rotatable bonds is 9. The number of nitrogens with one attached hydrogen (secondary N) is 1. The highest BCUT2D eigenvalue weighted by Crippen LogP contribution is 2.22. The Morgan fingerprint density at radius 3 is 2.45 bits per heavy atom. The summed E-state index contributed by atoms with van der Waals surface area (Å²) >= 11 is 7.20. The van der Waals surface area contributed by atoms with Crippen molar-refractivity contribution in [1.29, 1.82) is 0 Å². The van der Waals surface area contributed by atoms with Crippen molar-refractivity contribution in [2.75, 3.05) is 49.5 Å². The molecule has 38 heavy (non-hydrogen) atoms. The largest absolute Gasteiger partial charge is 0.368 e. The zero-order chi connectivity index (χ0) is 27.1. The third-order valence-corrected chi connectivity index (χ3v) is 7.48. The van der Waals surface area contributed by atoms with Gasteiger partial charge in [-0.2, -0.15) is 0 Å². The first-order valence-electron chi connectivity index (χ1n) is 12.7. The van der Waals surface area contributed by atoms with Crippen LogP contribution in [-0.4, -0.2) is 71.8 Å². The first kappa shape index (κ1) is 27.6. The van der Waals surface area contributed by atoms with Crippen LogP contribution < -0.4 is 10.2 Å². The Balaban J connectivity index is 1.27. The molecule has 0 unspecified atom stereocenters. The van der Waals surface area contributed by atoms with E-state index in [1.54, 1.807) is 29.6 Å². The van der Waals surface area contributed by atoms with Gasteiger partial charge in [0.05, 0.1) is 12.1 Å². The molecule has 1 aliphatic heterocycles. The van der Waals surface area contributed by atoms with Crippen LogP contribution in [0.2, 0.25) is 5.02 Å². The quantitative estimate of drug-likeness (QED) is 0.422. The zero-order valence-electron chi connectivity index (χ0n) is 21.7. The number of aryl methyl sites for hydroxylation is 1. The number of para-hydroxylation sites is 1. The lowest BCUT2D eigenvalue weighted by molar-refractivity contribution is -0.130. The number of piperazine rings is 1. The van der Waals surface area contributed by atoms with Crippen molar-refractivity contribution in [3.63, 3.8) is 0 Å². The smallest absolute Gasteiger partial charge is 0.254 e. The van der Waals surface area contributed by atoms with E-state index in [0.717, 1.165) is 19.5 Å². The van der Waals surface area contributed by atoms with Crippen LogP contribution in [0.15, 0.2) is 53.9 Å². The highest BCUT2D eigenvalue weighted by molar-refractivity contribution is 7.13. The van der Waals surface area contributed by atoms with E-state index < -0.39 is 0 Å². The molecule has 0 atom stereocenters. The number of aromatic nitrogens is 1. The number of halogens is 1. The van der Waals surface area contributed by atoms with Crippen molar-refractivity contribution in [2.24, 2.45) is 0 Å². The number of hydrogen-bond acceptors (Lipinski definition) is 6. The number of amides is 3. The second kappa shape index (κ2) is 12.9. The average molecular weight is 554 g/mol. The van der Waals surface area contributed by atoms with E-state index >= 15 is 0 Å². The summed E-state index contributed by atoms with van der Waals surface area (Å²) < 4.78 is 0. The maximum atomic E-state index is 12.9. The van der Waals surface area contributed by atoms with Crippen molar-refractivity contribution >= 4 is 51.5 Å². The summed E-state index contributed by atoms with van der Waals surface area (Å²) in [5, 5.41) is 5.52. The van der Waals surface area contributed by atoms with Gasteiger partial charge in [-0.3, -0.25) is 14.4 Å².